The van der Waals surface area contributed by atoms with Gasteiger partial charge in [-0.2, -0.15) is 4.98 Å². The van der Waals surface area contributed by atoms with E-state index in [0.717, 1.165) is 18.4 Å². The summed E-state index contributed by atoms with van der Waals surface area (Å²) in [6.07, 6.45) is 1.15. The maximum absolute atomic E-state index is 9.47. The Hall–Kier alpha value is -1.59. The Morgan fingerprint density at radius 3 is 2.90 bits per heavy atom. The Kier molecular flexibility index (Phi) is 4.98. The molecule has 0 aliphatic carbocycles. The van der Waals surface area contributed by atoms with E-state index in [1.54, 1.807) is 25.1 Å². The van der Waals surface area contributed by atoms with Gasteiger partial charge in [-0.25, -0.2) is 0 Å². The number of benzene rings is 1. The highest BCUT2D eigenvalue weighted by Crippen LogP contribution is 2.28. The fraction of sp³-hybridized carbons (Fsp3) is 0.429. The molecule has 1 N–H and O–H groups in total. The Balaban J connectivity index is 1.99. The van der Waals surface area contributed by atoms with Gasteiger partial charge in [0.2, 0.25) is 11.7 Å². The quantitative estimate of drug-likeness (QED) is 0.885. The topological polar surface area (TPSA) is 68.4 Å². The van der Waals surface area contributed by atoms with Gasteiger partial charge in [0.05, 0.1) is 11.1 Å². The zero-order valence-electron chi connectivity index (χ0n) is 11.5. The number of hydrogen-bond donors (Lipinski definition) is 1. The molecule has 0 saturated heterocycles. The molecule has 6 heteroatoms. The van der Waals surface area contributed by atoms with Gasteiger partial charge in [-0.3, -0.25) is 0 Å². The second kappa shape index (κ2) is 6.72. The molecular weight excluding hydrogens is 280 g/mol. The van der Waals surface area contributed by atoms with Crippen LogP contribution in [0.15, 0.2) is 22.7 Å². The molecule has 0 aliphatic heterocycles. The summed E-state index contributed by atoms with van der Waals surface area (Å²) in [6, 6.07) is 5.17. The Morgan fingerprint density at radius 2 is 2.25 bits per heavy atom. The Labute approximate surface area is 122 Å². The third-order valence-corrected chi connectivity index (χ3v) is 3.06. The molecule has 0 radical (unpaired) electrons. The number of hydrogen-bond acceptors (Lipinski definition) is 5. The highest BCUT2D eigenvalue weighted by Gasteiger charge is 2.09. The molecule has 0 amide bonds. The second-order valence-electron chi connectivity index (χ2n) is 4.51. The molecule has 108 valence electrons. The van der Waals surface area contributed by atoms with Crippen LogP contribution in [0.4, 0.5) is 0 Å². The van der Waals surface area contributed by atoms with Gasteiger partial charge in [0.1, 0.15) is 5.75 Å². The van der Waals surface area contributed by atoms with Crippen molar-refractivity contribution in [2.24, 2.45) is 0 Å². The molecule has 1 atom stereocenters. The summed E-state index contributed by atoms with van der Waals surface area (Å²) in [5, 5.41) is 13.7. The van der Waals surface area contributed by atoms with Gasteiger partial charge < -0.3 is 14.4 Å². The van der Waals surface area contributed by atoms with Crippen LogP contribution in [0.3, 0.4) is 0 Å². The van der Waals surface area contributed by atoms with E-state index in [1.807, 2.05) is 6.92 Å². The van der Waals surface area contributed by atoms with Crippen LogP contribution in [-0.4, -0.2) is 15.2 Å². The van der Waals surface area contributed by atoms with Crippen LogP contribution < -0.4 is 4.74 Å². The summed E-state index contributed by atoms with van der Waals surface area (Å²) in [5.41, 5.74) is 0.743. The zero-order chi connectivity index (χ0) is 14.5. The zero-order valence-corrected chi connectivity index (χ0v) is 12.2. The summed E-state index contributed by atoms with van der Waals surface area (Å²) in [5.74, 6) is 1.63. The molecular formula is C14H17ClN2O3. The standard InChI is InChI=1S/C14H17ClN2O3/c1-3-4-14-16-13(17-20-14)8-19-12-6-5-10(9(2)18)7-11(12)15/h5-7,9,18H,3-4,8H2,1-2H3/t9-/m0/s1. The van der Waals surface area contributed by atoms with Gasteiger partial charge in [0, 0.05) is 6.42 Å². The number of ether oxygens (including phenoxy) is 1. The number of aliphatic hydroxyl groups is 1. The lowest BCUT2D eigenvalue weighted by atomic mass is 10.1. The van der Waals surface area contributed by atoms with Crippen molar-refractivity contribution in [1.82, 2.24) is 10.1 Å². The lowest BCUT2D eigenvalue weighted by Crippen LogP contribution is -1.99. The number of aryl methyl sites for hydroxylation is 1. The first-order chi connectivity index (χ1) is 9.60. The van der Waals surface area contributed by atoms with E-state index in [4.69, 9.17) is 20.9 Å². The number of halogens is 1. The fourth-order valence-electron chi connectivity index (χ4n) is 1.70. The molecule has 0 bridgehead atoms. The van der Waals surface area contributed by atoms with Crippen molar-refractivity contribution in [3.05, 3.63) is 40.5 Å². The summed E-state index contributed by atoms with van der Waals surface area (Å²) >= 11 is 6.09. The smallest absolute Gasteiger partial charge is 0.226 e. The van der Waals surface area contributed by atoms with Crippen molar-refractivity contribution in [1.29, 1.82) is 0 Å². The third-order valence-electron chi connectivity index (χ3n) is 2.77. The van der Waals surface area contributed by atoms with Crippen molar-refractivity contribution < 1.29 is 14.4 Å². The molecule has 2 rings (SSSR count). The molecule has 0 spiro atoms. The highest BCUT2D eigenvalue weighted by atomic mass is 35.5. The van der Waals surface area contributed by atoms with Gasteiger partial charge >= 0.3 is 0 Å². The van der Waals surface area contributed by atoms with E-state index >= 15 is 0 Å². The molecule has 2 aromatic rings. The minimum absolute atomic E-state index is 0.195. The predicted molar refractivity (Wildman–Crippen MR) is 74.7 cm³/mol. The molecule has 0 aliphatic rings. The van der Waals surface area contributed by atoms with Crippen LogP contribution in [-0.2, 0) is 13.0 Å². The minimum atomic E-state index is -0.560. The van der Waals surface area contributed by atoms with Gasteiger partial charge in [-0.1, -0.05) is 29.7 Å². The van der Waals surface area contributed by atoms with E-state index in [9.17, 15) is 5.11 Å². The maximum atomic E-state index is 9.47. The SMILES string of the molecule is CCCc1nc(COc2ccc([C@H](C)O)cc2Cl)no1. The van der Waals surface area contributed by atoms with Gasteiger partial charge in [0.25, 0.3) is 0 Å². The van der Waals surface area contributed by atoms with Gasteiger partial charge in [0.15, 0.2) is 6.61 Å². The second-order valence-corrected chi connectivity index (χ2v) is 4.92. The molecule has 1 aromatic heterocycles. The number of aromatic nitrogens is 2. The van der Waals surface area contributed by atoms with Crippen molar-refractivity contribution in [2.45, 2.75) is 39.4 Å². The highest BCUT2D eigenvalue weighted by molar-refractivity contribution is 6.32. The van der Waals surface area contributed by atoms with Crippen LogP contribution in [0.25, 0.3) is 0 Å². The summed E-state index contributed by atoms with van der Waals surface area (Å²) < 4.78 is 10.6. The maximum Gasteiger partial charge on any atom is 0.226 e. The lowest BCUT2D eigenvalue weighted by Gasteiger charge is -2.09. The Morgan fingerprint density at radius 1 is 1.45 bits per heavy atom. The van der Waals surface area contributed by atoms with E-state index in [-0.39, 0.29) is 6.61 Å². The van der Waals surface area contributed by atoms with Crippen LogP contribution in [0.1, 0.15) is 43.7 Å². The molecule has 0 fully saturated rings. The van der Waals surface area contributed by atoms with Crippen LogP contribution in [0.2, 0.25) is 5.02 Å². The average Bonchev–Trinajstić information content (AvgIpc) is 2.85. The van der Waals surface area contributed by atoms with E-state index in [2.05, 4.69) is 10.1 Å². The number of rotatable bonds is 6. The predicted octanol–water partition coefficient (Wildman–Crippen LogP) is 3.31. The van der Waals surface area contributed by atoms with E-state index < -0.39 is 6.10 Å². The molecule has 1 heterocycles. The molecule has 1 aromatic carbocycles. The minimum Gasteiger partial charge on any atom is -0.484 e. The first-order valence-corrected chi connectivity index (χ1v) is 6.89. The normalized spacial score (nSPS) is 12.4. The van der Waals surface area contributed by atoms with E-state index in [0.29, 0.717) is 22.5 Å². The summed E-state index contributed by atoms with van der Waals surface area (Å²) in [4.78, 5) is 4.20. The average molecular weight is 297 g/mol. The first-order valence-electron chi connectivity index (χ1n) is 6.52. The summed E-state index contributed by atoms with van der Waals surface area (Å²) in [7, 11) is 0. The molecule has 5 nitrogen and oxygen atoms in total. The molecule has 0 saturated carbocycles. The Bertz CT molecular complexity index is 569. The van der Waals surface area contributed by atoms with Gasteiger partial charge in [-0.05, 0) is 31.0 Å². The largest absolute Gasteiger partial charge is 0.484 e. The van der Waals surface area contributed by atoms with Crippen LogP contribution >= 0.6 is 11.6 Å². The fourth-order valence-corrected chi connectivity index (χ4v) is 1.94. The van der Waals surface area contributed by atoms with E-state index in [1.165, 1.54) is 0 Å². The van der Waals surface area contributed by atoms with Crippen LogP contribution in [0, 0.1) is 0 Å². The number of nitrogens with zero attached hydrogens (tertiary/aromatic N) is 2. The van der Waals surface area contributed by atoms with Gasteiger partial charge in [-0.15, -0.1) is 0 Å². The lowest BCUT2D eigenvalue weighted by molar-refractivity contribution is 0.199. The monoisotopic (exact) mass is 296 g/mol. The first kappa shape index (κ1) is 14.8. The molecule has 20 heavy (non-hydrogen) atoms. The third kappa shape index (κ3) is 3.71. The molecule has 0 unspecified atom stereocenters. The number of aliphatic hydroxyl groups excluding tert-OH is 1. The summed E-state index contributed by atoms with van der Waals surface area (Å²) in [6.45, 7) is 3.92. The van der Waals surface area contributed by atoms with Crippen molar-refractivity contribution in [3.63, 3.8) is 0 Å². The van der Waals surface area contributed by atoms with Crippen LogP contribution in [0.5, 0.6) is 5.75 Å². The van der Waals surface area contributed by atoms with Crippen molar-refractivity contribution in [3.8, 4) is 5.75 Å². The van der Waals surface area contributed by atoms with Crippen molar-refractivity contribution >= 4 is 11.6 Å². The van der Waals surface area contributed by atoms with Crippen molar-refractivity contribution in [2.75, 3.05) is 0 Å².